The molecule has 0 aromatic heterocycles. The maximum absolute atomic E-state index is 13.8. The highest BCUT2D eigenvalue weighted by Gasteiger charge is 2.27. The summed E-state index contributed by atoms with van der Waals surface area (Å²) in [7, 11) is 0. The van der Waals surface area contributed by atoms with E-state index < -0.39 is 6.04 Å². The Labute approximate surface area is 184 Å². The van der Waals surface area contributed by atoms with Gasteiger partial charge in [0.15, 0.2) is 0 Å². The predicted octanol–water partition coefficient (Wildman–Crippen LogP) is 4.92. The predicted molar refractivity (Wildman–Crippen MR) is 118 cm³/mol. The molecule has 0 radical (unpaired) electrons. The molecule has 2 aromatic carbocycles. The molecule has 0 aliphatic rings. The van der Waals surface area contributed by atoms with E-state index in [0.717, 1.165) is 0 Å². The van der Waals surface area contributed by atoms with Crippen LogP contribution in [0.25, 0.3) is 0 Å². The lowest BCUT2D eigenvalue weighted by atomic mass is 10.1. The molecule has 0 spiro atoms. The van der Waals surface area contributed by atoms with E-state index in [2.05, 4.69) is 5.32 Å². The fraction of sp³-hybridized carbons (Fsp3) is 0.333. The van der Waals surface area contributed by atoms with Crippen LogP contribution >= 0.6 is 35.0 Å². The summed E-state index contributed by atoms with van der Waals surface area (Å²) in [5.74, 6) is -0.360. The van der Waals surface area contributed by atoms with Gasteiger partial charge in [-0.15, -0.1) is 11.8 Å². The molecule has 0 aliphatic carbocycles. The van der Waals surface area contributed by atoms with Gasteiger partial charge >= 0.3 is 0 Å². The van der Waals surface area contributed by atoms with E-state index in [-0.39, 0.29) is 29.9 Å². The van der Waals surface area contributed by atoms with Crippen LogP contribution in [0.3, 0.4) is 0 Å². The van der Waals surface area contributed by atoms with Crippen molar-refractivity contribution in [3.05, 3.63) is 69.5 Å². The number of carbonyl (C=O) groups is 2. The highest BCUT2D eigenvalue weighted by atomic mass is 35.5. The van der Waals surface area contributed by atoms with Gasteiger partial charge in [-0.1, -0.05) is 47.5 Å². The summed E-state index contributed by atoms with van der Waals surface area (Å²) < 4.78 is 13.8. The first kappa shape index (κ1) is 23.5. The minimum Gasteiger partial charge on any atom is -0.355 e. The molecular weight excluding hydrogens is 434 g/mol. The molecule has 4 nitrogen and oxygen atoms in total. The molecular formula is C21H23Cl2FN2O2S. The number of likely N-dealkylation sites (N-methyl/N-ethyl adjacent to an activating group) is 1. The number of hydrogen-bond acceptors (Lipinski definition) is 3. The van der Waals surface area contributed by atoms with Crippen molar-refractivity contribution in [3.8, 4) is 0 Å². The topological polar surface area (TPSA) is 49.4 Å². The lowest BCUT2D eigenvalue weighted by Gasteiger charge is -2.29. The van der Waals surface area contributed by atoms with Gasteiger partial charge in [0, 0.05) is 34.5 Å². The van der Waals surface area contributed by atoms with Crippen LogP contribution in [0.2, 0.25) is 10.0 Å². The van der Waals surface area contributed by atoms with Gasteiger partial charge in [0.05, 0.1) is 5.75 Å². The Morgan fingerprint density at radius 2 is 1.79 bits per heavy atom. The van der Waals surface area contributed by atoms with Crippen molar-refractivity contribution >= 4 is 46.8 Å². The Kier molecular flexibility index (Phi) is 9.27. The molecule has 8 heteroatoms. The minimum absolute atomic E-state index is 0.0974. The fourth-order valence-corrected chi connectivity index (χ4v) is 4.12. The summed E-state index contributed by atoms with van der Waals surface area (Å²) in [6, 6.07) is 10.8. The largest absolute Gasteiger partial charge is 0.355 e. The molecule has 2 amide bonds. The van der Waals surface area contributed by atoms with Crippen molar-refractivity contribution in [1.82, 2.24) is 10.2 Å². The van der Waals surface area contributed by atoms with E-state index in [1.54, 1.807) is 43.3 Å². The Bertz CT molecular complexity index is 846. The van der Waals surface area contributed by atoms with Crippen LogP contribution in [0.4, 0.5) is 4.39 Å². The maximum atomic E-state index is 13.8. The van der Waals surface area contributed by atoms with Crippen LogP contribution in [-0.4, -0.2) is 35.1 Å². The van der Waals surface area contributed by atoms with Gasteiger partial charge in [0.25, 0.3) is 0 Å². The third kappa shape index (κ3) is 6.63. The molecule has 0 aliphatic heterocycles. The first-order valence-electron chi connectivity index (χ1n) is 9.16. The van der Waals surface area contributed by atoms with Crippen LogP contribution in [-0.2, 0) is 21.9 Å². The Morgan fingerprint density at radius 1 is 1.14 bits per heavy atom. The van der Waals surface area contributed by atoms with Crippen molar-refractivity contribution < 1.29 is 14.0 Å². The van der Waals surface area contributed by atoms with Crippen molar-refractivity contribution in [2.24, 2.45) is 0 Å². The quantitative estimate of drug-likeness (QED) is 0.582. The average Bonchev–Trinajstić information content (AvgIpc) is 2.69. The normalized spacial score (nSPS) is 11.8. The monoisotopic (exact) mass is 456 g/mol. The molecule has 2 aromatic rings. The number of halogens is 3. The van der Waals surface area contributed by atoms with Gasteiger partial charge in [0.1, 0.15) is 11.9 Å². The number of carbonyl (C=O) groups excluding carboxylic acids is 2. The second-order valence-corrected chi connectivity index (χ2v) is 8.18. The first-order chi connectivity index (χ1) is 13.8. The van der Waals surface area contributed by atoms with Crippen molar-refractivity contribution in [3.63, 3.8) is 0 Å². The van der Waals surface area contributed by atoms with Crippen molar-refractivity contribution in [1.29, 1.82) is 0 Å². The van der Waals surface area contributed by atoms with Gasteiger partial charge in [-0.3, -0.25) is 9.59 Å². The third-order valence-corrected chi connectivity index (χ3v) is 6.02. The maximum Gasteiger partial charge on any atom is 0.242 e. The summed E-state index contributed by atoms with van der Waals surface area (Å²) in [6.45, 7) is 4.04. The number of rotatable bonds is 9. The zero-order chi connectivity index (χ0) is 21.4. The SMILES string of the molecule is CCNC(=O)[C@@H](C)N(Cc1c(Cl)cccc1Cl)C(=O)CSCc1ccccc1F. The van der Waals surface area contributed by atoms with E-state index in [4.69, 9.17) is 23.2 Å². The van der Waals surface area contributed by atoms with Gasteiger partial charge in [-0.2, -0.15) is 0 Å². The van der Waals surface area contributed by atoms with Crippen LogP contribution in [0.5, 0.6) is 0 Å². The van der Waals surface area contributed by atoms with Crippen LogP contribution in [0, 0.1) is 5.82 Å². The summed E-state index contributed by atoms with van der Waals surface area (Å²) in [5, 5.41) is 3.59. The smallest absolute Gasteiger partial charge is 0.242 e. The highest BCUT2D eigenvalue weighted by molar-refractivity contribution is 7.99. The van der Waals surface area contributed by atoms with E-state index >= 15 is 0 Å². The molecule has 0 fully saturated rings. The number of nitrogens with zero attached hydrogens (tertiary/aromatic N) is 1. The van der Waals surface area contributed by atoms with Crippen molar-refractivity contribution in [2.45, 2.75) is 32.2 Å². The average molecular weight is 457 g/mol. The molecule has 2 rings (SSSR count). The van der Waals surface area contributed by atoms with E-state index in [1.165, 1.54) is 22.7 Å². The molecule has 0 saturated heterocycles. The standard InChI is InChI=1S/C21H23Cl2FN2O2S/c1-3-25-21(28)14(2)26(11-16-17(22)8-6-9-18(16)23)20(27)13-29-12-15-7-4-5-10-19(15)24/h4-10,14H,3,11-13H2,1-2H3,(H,25,28)/t14-/m1/s1. The minimum atomic E-state index is -0.705. The third-order valence-electron chi connectivity index (χ3n) is 4.35. The zero-order valence-electron chi connectivity index (χ0n) is 16.3. The van der Waals surface area contributed by atoms with Crippen LogP contribution in [0.1, 0.15) is 25.0 Å². The number of thioether (sulfide) groups is 1. The number of hydrogen-bond donors (Lipinski definition) is 1. The van der Waals surface area contributed by atoms with Gasteiger partial charge in [-0.05, 0) is 37.6 Å². The molecule has 1 atom stereocenters. The second kappa shape index (κ2) is 11.4. The first-order valence-corrected chi connectivity index (χ1v) is 11.1. The molecule has 0 heterocycles. The molecule has 1 N–H and O–H groups in total. The number of nitrogens with one attached hydrogen (secondary N) is 1. The molecule has 29 heavy (non-hydrogen) atoms. The van der Waals surface area contributed by atoms with Gasteiger partial charge < -0.3 is 10.2 Å². The fourth-order valence-electron chi connectivity index (χ4n) is 2.70. The highest BCUT2D eigenvalue weighted by Crippen LogP contribution is 2.27. The summed E-state index contributed by atoms with van der Waals surface area (Å²) in [4.78, 5) is 26.8. The Hall–Kier alpha value is -1.76. The van der Waals surface area contributed by atoms with Gasteiger partial charge in [-0.25, -0.2) is 4.39 Å². The summed E-state index contributed by atoms with van der Waals surface area (Å²) >= 11 is 13.8. The van der Waals surface area contributed by atoms with Crippen LogP contribution < -0.4 is 5.32 Å². The van der Waals surface area contributed by atoms with Crippen molar-refractivity contribution in [2.75, 3.05) is 12.3 Å². The lowest BCUT2D eigenvalue weighted by molar-refractivity contribution is -0.138. The summed E-state index contributed by atoms with van der Waals surface area (Å²) in [6.07, 6.45) is 0. The summed E-state index contributed by atoms with van der Waals surface area (Å²) in [5.41, 5.74) is 1.11. The molecule has 156 valence electrons. The lowest BCUT2D eigenvalue weighted by Crippen LogP contribution is -2.48. The van der Waals surface area contributed by atoms with Gasteiger partial charge in [0.2, 0.25) is 11.8 Å². The second-order valence-electron chi connectivity index (χ2n) is 6.38. The van der Waals surface area contributed by atoms with E-state index in [9.17, 15) is 14.0 Å². The van der Waals surface area contributed by atoms with Crippen LogP contribution in [0.15, 0.2) is 42.5 Å². The molecule has 0 bridgehead atoms. The Morgan fingerprint density at radius 3 is 2.41 bits per heavy atom. The number of amides is 2. The molecule has 0 saturated carbocycles. The van der Waals surface area contributed by atoms with E-state index in [1.807, 2.05) is 6.92 Å². The van der Waals surface area contributed by atoms with E-state index in [0.29, 0.717) is 33.5 Å². The Balaban J connectivity index is 2.14. The number of benzene rings is 2. The zero-order valence-corrected chi connectivity index (χ0v) is 18.6. The molecule has 0 unspecified atom stereocenters.